The maximum atomic E-state index is 11.0. The summed E-state index contributed by atoms with van der Waals surface area (Å²) in [4.78, 5) is 19.3. The fraction of sp³-hybridized carbons (Fsp3) is 0.182. The lowest BCUT2D eigenvalue weighted by Crippen LogP contribution is -1.97. The van der Waals surface area contributed by atoms with E-state index in [1.165, 1.54) is 6.92 Å². The lowest BCUT2D eigenvalue weighted by atomic mass is 10.2. The molecule has 3 nitrogen and oxygen atoms in total. The van der Waals surface area contributed by atoms with E-state index in [0.29, 0.717) is 5.69 Å². The average Bonchev–Trinajstić information content (AvgIpc) is 2.71. The van der Waals surface area contributed by atoms with Gasteiger partial charge in [-0.15, -0.1) is 11.3 Å². The molecule has 0 atom stereocenters. The van der Waals surface area contributed by atoms with Gasteiger partial charge in [-0.05, 0) is 11.6 Å². The Bertz CT molecular complexity index is 448. The molecular weight excluding hydrogens is 208 g/mol. The first-order valence-electron chi connectivity index (χ1n) is 4.60. The molecule has 2 aromatic rings. The van der Waals surface area contributed by atoms with Gasteiger partial charge in [0.25, 0.3) is 0 Å². The van der Waals surface area contributed by atoms with E-state index in [9.17, 15) is 4.79 Å². The lowest BCUT2D eigenvalue weighted by molar-refractivity contribution is 0.101. The van der Waals surface area contributed by atoms with Crippen LogP contribution in [0.3, 0.4) is 0 Å². The summed E-state index contributed by atoms with van der Waals surface area (Å²) < 4.78 is 0. The van der Waals surface area contributed by atoms with Crippen LogP contribution in [0, 0.1) is 0 Å². The van der Waals surface area contributed by atoms with E-state index in [1.54, 1.807) is 29.8 Å². The van der Waals surface area contributed by atoms with Crippen molar-refractivity contribution in [2.24, 2.45) is 0 Å². The molecule has 0 saturated carbocycles. The smallest absolute Gasteiger partial charge is 0.178 e. The molecule has 0 N–H and O–H groups in total. The zero-order valence-electron chi connectivity index (χ0n) is 8.30. The number of Topliss-reactive ketones (excluding diaryl/α,β-unsaturated/α-hetero) is 1. The molecule has 0 saturated heterocycles. The summed E-state index contributed by atoms with van der Waals surface area (Å²) in [7, 11) is 0. The first kappa shape index (κ1) is 9.98. The zero-order chi connectivity index (χ0) is 10.7. The van der Waals surface area contributed by atoms with Crippen LogP contribution < -0.4 is 0 Å². The Balaban J connectivity index is 2.14. The fourth-order valence-corrected chi connectivity index (χ4v) is 1.90. The van der Waals surface area contributed by atoms with Gasteiger partial charge in [-0.25, -0.2) is 4.98 Å². The van der Waals surface area contributed by atoms with Gasteiger partial charge in [-0.1, -0.05) is 6.07 Å². The molecular formula is C11H10N2OS. The molecule has 4 heteroatoms. The van der Waals surface area contributed by atoms with Crippen molar-refractivity contribution in [3.63, 3.8) is 0 Å². The van der Waals surface area contributed by atoms with E-state index < -0.39 is 0 Å². The van der Waals surface area contributed by atoms with E-state index >= 15 is 0 Å². The van der Waals surface area contributed by atoms with Gasteiger partial charge in [0.15, 0.2) is 5.78 Å². The predicted molar refractivity (Wildman–Crippen MR) is 59.2 cm³/mol. The molecule has 2 rings (SSSR count). The van der Waals surface area contributed by atoms with E-state index in [4.69, 9.17) is 0 Å². The first-order valence-corrected chi connectivity index (χ1v) is 5.48. The molecule has 0 spiro atoms. The summed E-state index contributed by atoms with van der Waals surface area (Å²) in [5.41, 5.74) is 1.59. The summed E-state index contributed by atoms with van der Waals surface area (Å²) >= 11 is 1.62. The minimum absolute atomic E-state index is 0.00389. The number of pyridine rings is 1. The van der Waals surface area contributed by atoms with Gasteiger partial charge in [0, 0.05) is 31.1 Å². The third kappa shape index (κ3) is 2.47. The van der Waals surface area contributed by atoms with Gasteiger partial charge in [-0.2, -0.15) is 0 Å². The van der Waals surface area contributed by atoms with Gasteiger partial charge in [-0.3, -0.25) is 9.78 Å². The van der Waals surface area contributed by atoms with Crippen LogP contribution in [0.15, 0.2) is 29.9 Å². The van der Waals surface area contributed by atoms with Crippen LogP contribution in [-0.2, 0) is 6.42 Å². The first-order chi connectivity index (χ1) is 7.25. The van der Waals surface area contributed by atoms with Crippen molar-refractivity contribution in [1.82, 2.24) is 9.97 Å². The standard InChI is InChI=1S/C11H10N2OS/c1-8(14)10-3-2-9(7-13-10)6-11-12-4-5-15-11/h2-5,7H,6H2,1H3. The van der Waals surface area contributed by atoms with Gasteiger partial charge in [0.05, 0.1) is 5.01 Å². The molecule has 2 heterocycles. The quantitative estimate of drug-likeness (QED) is 0.742. The van der Waals surface area contributed by atoms with Crippen LogP contribution in [-0.4, -0.2) is 15.8 Å². The topological polar surface area (TPSA) is 42.9 Å². The molecule has 0 aliphatic rings. The molecule has 0 radical (unpaired) electrons. The zero-order valence-corrected chi connectivity index (χ0v) is 9.12. The SMILES string of the molecule is CC(=O)c1ccc(Cc2nccs2)cn1. The Labute approximate surface area is 91.8 Å². The Morgan fingerprint density at radius 1 is 1.40 bits per heavy atom. The second kappa shape index (κ2) is 4.31. The van der Waals surface area contributed by atoms with Gasteiger partial charge in [0.2, 0.25) is 0 Å². The summed E-state index contributed by atoms with van der Waals surface area (Å²) in [5.74, 6) is -0.00389. The van der Waals surface area contributed by atoms with Crippen molar-refractivity contribution in [3.05, 3.63) is 46.2 Å². The number of rotatable bonds is 3. The van der Waals surface area contributed by atoms with E-state index in [1.807, 2.05) is 11.4 Å². The molecule has 0 unspecified atom stereocenters. The number of hydrogen-bond donors (Lipinski definition) is 0. The number of aromatic nitrogens is 2. The van der Waals surface area contributed by atoms with Crippen LogP contribution >= 0.6 is 11.3 Å². The van der Waals surface area contributed by atoms with Crippen LogP contribution in [0.1, 0.15) is 28.0 Å². The molecule has 76 valence electrons. The Kier molecular flexibility index (Phi) is 2.87. The number of carbonyl (C=O) groups is 1. The highest BCUT2D eigenvalue weighted by molar-refractivity contribution is 7.09. The highest BCUT2D eigenvalue weighted by Gasteiger charge is 2.02. The molecule has 2 aromatic heterocycles. The molecule has 0 aliphatic carbocycles. The largest absolute Gasteiger partial charge is 0.293 e. The van der Waals surface area contributed by atoms with Crippen molar-refractivity contribution in [3.8, 4) is 0 Å². The molecule has 0 fully saturated rings. The van der Waals surface area contributed by atoms with Crippen LogP contribution in [0.5, 0.6) is 0 Å². The Morgan fingerprint density at radius 3 is 2.80 bits per heavy atom. The average molecular weight is 218 g/mol. The van der Waals surface area contributed by atoms with Crippen molar-refractivity contribution >= 4 is 17.1 Å². The maximum absolute atomic E-state index is 11.0. The molecule has 0 bridgehead atoms. The van der Waals surface area contributed by atoms with Gasteiger partial charge < -0.3 is 0 Å². The van der Waals surface area contributed by atoms with E-state index in [0.717, 1.165) is 17.0 Å². The molecule has 0 aromatic carbocycles. The molecule has 0 amide bonds. The molecule has 15 heavy (non-hydrogen) atoms. The second-order valence-electron chi connectivity index (χ2n) is 3.21. The third-order valence-electron chi connectivity index (χ3n) is 2.02. The summed E-state index contributed by atoms with van der Waals surface area (Å²) in [5, 5.41) is 3.01. The molecule has 0 aliphatic heterocycles. The lowest BCUT2D eigenvalue weighted by Gasteiger charge is -1.98. The summed E-state index contributed by atoms with van der Waals surface area (Å²) in [6.07, 6.45) is 4.30. The van der Waals surface area contributed by atoms with Crippen molar-refractivity contribution in [2.45, 2.75) is 13.3 Å². The highest BCUT2D eigenvalue weighted by Crippen LogP contribution is 2.11. The Morgan fingerprint density at radius 2 is 2.27 bits per heavy atom. The predicted octanol–water partition coefficient (Wildman–Crippen LogP) is 2.33. The minimum Gasteiger partial charge on any atom is -0.293 e. The maximum Gasteiger partial charge on any atom is 0.178 e. The van der Waals surface area contributed by atoms with Crippen molar-refractivity contribution < 1.29 is 4.79 Å². The van der Waals surface area contributed by atoms with Crippen molar-refractivity contribution in [2.75, 3.05) is 0 Å². The van der Waals surface area contributed by atoms with Crippen LogP contribution in [0.4, 0.5) is 0 Å². The van der Waals surface area contributed by atoms with Crippen LogP contribution in [0.2, 0.25) is 0 Å². The van der Waals surface area contributed by atoms with Gasteiger partial charge in [0.1, 0.15) is 5.69 Å². The van der Waals surface area contributed by atoms with E-state index in [-0.39, 0.29) is 5.78 Å². The normalized spacial score (nSPS) is 10.2. The number of nitrogens with zero attached hydrogens (tertiary/aromatic N) is 2. The van der Waals surface area contributed by atoms with Gasteiger partial charge >= 0.3 is 0 Å². The number of ketones is 1. The van der Waals surface area contributed by atoms with Crippen molar-refractivity contribution in [1.29, 1.82) is 0 Å². The number of carbonyl (C=O) groups excluding carboxylic acids is 1. The van der Waals surface area contributed by atoms with E-state index in [2.05, 4.69) is 9.97 Å². The highest BCUT2D eigenvalue weighted by atomic mass is 32.1. The Hall–Kier alpha value is -1.55. The second-order valence-corrected chi connectivity index (χ2v) is 4.19. The number of thiazole rings is 1. The third-order valence-corrected chi connectivity index (χ3v) is 2.80. The monoisotopic (exact) mass is 218 g/mol. The summed E-state index contributed by atoms with van der Waals surface area (Å²) in [6.45, 7) is 1.52. The number of hydrogen-bond acceptors (Lipinski definition) is 4. The fourth-order valence-electron chi connectivity index (χ4n) is 1.25. The summed E-state index contributed by atoms with van der Waals surface area (Å²) in [6, 6.07) is 3.68. The minimum atomic E-state index is -0.00389. The van der Waals surface area contributed by atoms with Crippen LogP contribution in [0.25, 0.3) is 0 Å².